The number of aromatic carboxylic acids is 1. The second kappa shape index (κ2) is 7.39. The van der Waals surface area contributed by atoms with E-state index < -0.39 is 11.9 Å². The first-order chi connectivity index (χ1) is 12.5. The molecule has 26 heavy (non-hydrogen) atoms. The SMILES string of the molecule is CCc1ccccc1N1C[C@H](C(=O)Nc2ccc(C(=O)O)cc2)CC1=O. The van der Waals surface area contributed by atoms with Crippen molar-refractivity contribution in [2.75, 3.05) is 16.8 Å². The number of carbonyl (C=O) groups excluding carboxylic acids is 2. The summed E-state index contributed by atoms with van der Waals surface area (Å²) in [6.07, 6.45) is 0.976. The summed E-state index contributed by atoms with van der Waals surface area (Å²) in [6.45, 7) is 2.37. The molecule has 6 nitrogen and oxygen atoms in total. The van der Waals surface area contributed by atoms with Crippen LogP contribution in [0.25, 0.3) is 0 Å². The molecule has 1 fully saturated rings. The Morgan fingerprint density at radius 3 is 2.50 bits per heavy atom. The molecule has 1 atom stereocenters. The molecule has 2 aromatic rings. The molecule has 0 aromatic heterocycles. The number of benzene rings is 2. The van der Waals surface area contributed by atoms with E-state index in [1.165, 1.54) is 12.1 Å². The van der Waals surface area contributed by atoms with Crippen LogP contribution in [0.5, 0.6) is 0 Å². The Morgan fingerprint density at radius 2 is 1.85 bits per heavy atom. The molecule has 0 bridgehead atoms. The second-order valence-corrected chi connectivity index (χ2v) is 6.26. The fourth-order valence-electron chi connectivity index (χ4n) is 3.13. The molecule has 0 radical (unpaired) electrons. The van der Waals surface area contributed by atoms with Gasteiger partial charge in [-0.25, -0.2) is 4.79 Å². The Balaban J connectivity index is 1.70. The van der Waals surface area contributed by atoms with Crippen molar-refractivity contribution in [3.8, 4) is 0 Å². The summed E-state index contributed by atoms with van der Waals surface area (Å²) in [5, 5.41) is 11.7. The number of carbonyl (C=O) groups is 3. The van der Waals surface area contributed by atoms with Gasteiger partial charge in [-0.15, -0.1) is 0 Å². The van der Waals surface area contributed by atoms with E-state index in [1.807, 2.05) is 31.2 Å². The number of rotatable bonds is 5. The van der Waals surface area contributed by atoms with Crippen molar-refractivity contribution in [2.24, 2.45) is 5.92 Å². The summed E-state index contributed by atoms with van der Waals surface area (Å²) in [5.41, 5.74) is 2.61. The fraction of sp³-hybridized carbons (Fsp3) is 0.250. The highest BCUT2D eigenvalue weighted by Crippen LogP contribution is 2.29. The third-order valence-electron chi connectivity index (χ3n) is 4.56. The summed E-state index contributed by atoms with van der Waals surface area (Å²) in [4.78, 5) is 37.5. The van der Waals surface area contributed by atoms with Crippen molar-refractivity contribution < 1.29 is 19.5 Å². The van der Waals surface area contributed by atoms with E-state index in [1.54, 1.807) is 17.0 Å². The highest BCUT2D eigenvalue weighted by molar-refractivity contribution is 6.04. The fourth-order valence-corrected chi connectivity index (χ4v) is 3.13. The first-order valence-corrected chi connectivity index (χ1v) is 8.52. The Kier molecular flexibility index (Phi) is 5.02. The molecule has 1 aliphatic heterocycles. The number of carboxylic acids is 1. The van der Waals surface area contributed by atoms with Crippen molar-refractivity contribution in [3.63, 3.8) is 0 Å². The van der Waals surface area contributed by atoms with Gasteiger partial charge >= 0.3 is 5.97 Å². The van der Waals surface area contributed by atoms with Gasteiger partial charge in [0.05, 0.1) is 11.5 Å². The van der Waals surface area contributed by atoms with Gasteiger partial charge in [0.15, 0.2) is 0 Å². The van der Waals surface area contributed by atoms with Crippen molar-refractivity contribution in [2.45, 2.75) is 19.8 Å². The zero-order valence-electron chi connectivity index (χ0n) is 14.4. The predicted molar refractivity (Wildman–Crippen MR) is 98.3 cm³/mol. The number of hydrogen-bond donors (Lipinski definition) is 2. The minimum absolute atomic E-state index is 0.0627. The van der Waals surface area contributed by atoms with Crippen LogP contribution in [0.4, 0.5) is 11.4 Å². The molecule has 2 N–H and O–H groups in total. The lowest BCUT2D eigenvalue weighted by Crippen LogP contribution is -2.28. The van der Waals surface area contributed by atoms with E-state index in [-0.39, 0.29) is 23.8 Å². The standard InChI is InChI=1S/C20H20N2O4/c1-2-13-5-3-4-6-17(13)22-12-15(11-18(22)23)19(24)21-16-9-7-14(8-10-16)20(25)26/h3-10,15H,2,11-12H2,1H3,(H,21,24)(H,25,26)/t15-/m1/s1. The molecule has 0 saturated carbocycles. The third-order valence-corrected chi connectivity index (χ3v) is 4.56. The minimum Gasteiger partial charge on any atom is -0.478 e. The van der Waals surface area contributed by atoms with Crippen LogP contribution in [0.15, 0.2) is 48.5 Å². The van der Waals surface area contributed by atoms with Gasteiger partial charge in [-0.05, 0) is 42.3 Å². The first-order valence-electron chi connectivity index (χ1n) is 8.52. The molecule has 0 aliphatic carbocycles. The summed E-state index contributed by atoms with van der Waals surface area (Å²) in [7, 11) is 0. The van der Waals surface area contributed by atoms with Crippen LogP contribution in [0, 0.1) is 5.92 Å². The number of para-hydroxylation sites is 1. The van der Waals surface area contributed by atoms with Crippen LogP contribution >= 0.6 is 0 Å². The summed E-state index contributed by atoms with van der Waals surface area (Å²) < 4.78 is 0. The van der Waals surface area contributed by atoms with E-state index in [0.29, 0.717) is 12.2 Å². The summed E-state index contributed by atoms with van der Waals surface area (Å²) in [6, 6.07) is 13.7. The average Bonchev–Trinajstić information content (AvgIpc) is 3.04. The second-order valence-electron chi connectivity index (χ2n) is 6.26. The third kappa shape index (κ3) is 3.59. The molecule has 0 unspecified atom stereocenters. The zero-order chi connectivity index (χ0) is 18.7. The lowest BCUT2D eigenvalue weighted by molar-refractivity contribution is -0.122. The molecule has 134 valence electrons. The Morgan fingerprint density at radius 1 is 1.15 bits per heavy atom. The Bertz CT molecular complexity index is 845. The largest absolute Gasteiger partial charge is 0.478 e. The molecule has 3 rings (SSSR count). The summed E-state index contributed by atoms with van der Waals surface area (Å²) in [5.74, 6) is -1.76. The lowest BCUT2D eigenvalue weighted by Gasteiger charge is -2.20. The lowest BCUT2D eigenvalue weighted by atomic mass is 10.1. The van der Waals surface area contributed by atoms with Gasteiger partial charge in [0, 0.05) is 24.3 Å². The predicted octanol–water partition coefficient (Wildman–Crippen LogP) is 2.94. The molecule has 2 aromatic carbocycles. The number of hydrogen-bond acceptors (Lipinski definition) is 3. The number of nitrogens with zero attached hydrogens (tertiary/aromatic N) is 1. The van der Waals surface area contributed by atoms with Crippen LogP contribution in [0.1, 0.15) is 29.3 Å². The Labute approximate surface area is 151 Å². The van der Waals surface area contributed by atoms with Crippen molar-refractivity contribution in [1.29, 1.82) is 0 Å². The maximum Gasteiger partial charge on any atom is 0.335 e. The number of aryl methyl sites for hydroxylation is 1. The van der Waals surface area contributed by atoms with Gasteiger partial charge in [0.25, 0.3) is 0 Å². The van der Waals surface area contributed by atoms with Gasteiger partial charge in [-0.3, -0.25) is 9.59 Å². The van der Waals surface area contributed by atoms with E-state index >= 15 is 0 Å². The van der Waals surface area contributed by atoms with Gasteiger partial charge in [-0.1, -0.05) is 25.1 Å². The monoisotopic (exact) mass is 352 g/mol. The number of carboxylic acid groups (broad SMARTS) is 1. The molecule has 1 saturated heterocycles. The normalized spacial score (nSPS) is 16.6. The van der Waals surface area contributed by atoms with Crippen LogP contribution in [0.2, 0.25) is 0 Å². The molecular weight excluding hydrogens is 332 g/mol. The van der Waals surface area contributed by atoms with Crippen LogP contribution in [0.3, 0.4) is 0 Å². The van der Waals surface area contributed by atoms with Crippen molar-refractivity contribution >= 4 is 29.2 Å². The van der Waals surface area contributed by atoms with E-state index in [9.17, 15) is 14.4 Å². The van der Waals surface area contributed by atoms with Gasteiger partial charge in [0.2, 0.25) is 11.8 Å². The maximum absolute atomic E-state index is 12.5. The van der Waals surface area contributed by atoms with E-state index in [4.69, 9.17) is 5.11 Å². The molecule has 0 spiro atoms. The average molecular weight is 352 g/mol. The Hall–Kier alpha value is -3.15. The van der Waals surface area contributed by atoms with Crippen LogP contribution in [-0.2, 0) is 16.0 Å². The van der Waals surface area contributed by atoms with Gasteiger partial charge in [-0.2, -0.15) is 0 Å². The quantitative estimate of drug-likeness (QED) is 0.866. The van der Waals surface area contributed by atoms with E-state index in [0.717, 1.165) is 17.7 Å². The van der Waals surface area contributed by atoms with Gasteiger partial charge < -0.3 is 15.3 Å². The number of nitrogens with one attached hydrogen (secondary N) is 1. The number of anilines is 2. The molecule has 2 amide bonds. The zero-order valence-corrected chi connectivity index (χ0v) is 14.4. The molecule has 6 heteroatoms. The van der Waals surface area contributed by atoms with Crippen molar-refractivity contribution in [3.05, 3.63) is 59.7 Å². The van der Waals surface area contributed by atoms with Crippen LogP contribution < -0.4 is 10.2 Å². The smallest absolute Gasteiger partial charge is 0.335 e. The van der Waals surface area contributed by atoms with Crippen LogP contribution in [-0.4, -0.2) is 29.4 Å². The molecule has 1 aliphatic rings. The highest BCUT2D eigenvalue weighted by atomic mass is 16.4. The maximum atomic E-state index is 12.5. The topological polar surface area (TPSA) is 86.7 Å². The van der Waals surface area contributed by atoms with E-state index in [2.05, 4.69) is 5.32 Å². The van der Waals surface area contributed by atoms with Gasteiger partial charge in [0.1, 0.15) is 0 Å². The van der Waals surface area contributed by atoms with Crippen molar-refractivity contribution in [1.82, 2.24) is 0 Å². The number of amides is 2. The highest BCUT2D eigenvalue weighted by Gasteiger charge is 2.35. The minimum atomic E-state index is -1.02. The summed E-state index contributed by atoms with van der Waals surface area (Å²) >= 11 is 0. The first kappa shape index (κ1) is 17.7. The molecular formula is C20H20N2O4. The molecule has 1 heterocycles.